The minimum atomic E-state index is -0.704. The lowest BCUT2D eigenvalue weighted by molar-refractivity contribution is -0.114. The molecular formula is C19H22N4O3. The van der Waals surface area contributed by atoms with E-state index >= 15 is 0 Å². The van der Waals surface area contributed by atoms with Crippen LogP contribution in [0.4, 0.5) is 5.69 Å². The highest BCUT2D eigenvalue weighted by Crippen LogP contribution is 2.33. The molecule has 0 saturated carbocycles. The van der Waals surface area contributed by atoms with E-state index in [1.54, 1.807) is 25.6 Å². The van der Waals surface area contributed by atoms with Crippen LogP contribution in [0.2, 0.25) is 0 Å². The molecule has 7 heteroatoms. The first-order valence-electron chi connectivity index (χ1n) is 8.28. The van der Waals surface area contributed by atoms with E-state index in [1.165, 1.54) is 4.68 Å². The molecule has 0 fully saturated rings. The number of aromatic nitrogens is 2. The van der Waals surface area contributed by atoms with E-state index in [0.29, 0.717) is 11.3 Å². The smallest absolute Gasteiger partial charge is 0.297 e. The number of ether oxygens (including phenoxy) is 1. The number of hydrogen-bond acceptors (Lipinski definition) is 4. The number of rotatable bonds is 3. The molecule has 2 aromatic rings. The normalized spacial score (nSPS) is 17.7. The zero-order valence-corrected chi connectivity index (χ0v) is 15.5. The molecule has 0 aliphatic carbocycles. The molecule has 1 amide bonds. The van der Waals surface area contributed by atoms with Crippen LogP contribution in [-0.2, 0) is 16.6 Å². The third kappa shape index (κ3) is 2.65. The highest BCUT2D eigenvalue weighted by Gasteiger charge is 2.39. The van der Waals surface area contributed by atoms with Crippen LogP contribution in [-0.4, -0.2) is 26.8 Å². The van der Waals surface area contributed by atoms with Gasteiger partial charge in [-0.25, -0.2) is 9.67 Å². The summed E-state index contributed by atoms with van der Waals surface area (Å²) in [6.07, 6.45) is 0. The number of carbonyl (C=O) groups excluding carboxylic acids is 1. The average molecular weight is 354 g/mol. The van der Waals surface area contributed by atoms with Crippen molar-refractivity contribution in [3.63, 3.8) is 0 Å². The highest BCUT2D eigenvalue weighted by molar-refractivity contribution is 6.20. The van der Waals surface area contributed by atoms with Crippen molar-refractivity contribution in [3.8, 4) is 5.69 Å². The second-order valence-electron chi connectivity index (χ2n) is 6.80. The van der Waals surface area contributed by atoms with E-state index in [9.17, 15) is 9.59 Å². The molecule has 7 nitrogen and oxygen atoms in total. The number of benzene rings is 1. The Morgan fingerprint density at radius 3 is 2.38 bits per heavy atom. The SMILES string of the molecule is CC1=C(C(N)=O)C(=Nc2c(C)n(C)n(-c3ccccc3)c2=O)OC1(C)C. The van der Waals surface area contributed by atoms with Gasteiger partial charge in [0, 0.05) is 7.05 Å². The van der Waals surface area contributed by atoms with Gasteiger partial charge in [0.25, 0.3) is 11.5 Å². The molecule has 3 rings (SSSR count). The predicted molar refractivity (Wildman–Crippen MR) is 99.9 cm³/mol. The van der Waals surface area contributed by atoms with Crippen molar-refractivity contribution in [1.82, 2.24) is 9.36 Å². The van der Waals surface area contributed by atoms with Gasteiger partial charge < -0.3 is 10.5 Å². The number of aliphatic imine (C=N–C) groups is 1. The van der Waals surface area contributed by atoms with E-state index in [1.807, 2.05) is 44.2 Å². The molecule has 0 unspecified atom stereocenters. The lowest BCUT2D eigenvalue weighted by Crippen LogP contribution is -2.22. The quantitative estimate of drug-likeness (QED) is 0.915. The fourth-order valence-electron chi connectivity index (χ4n) is 2.98. The van der Waals surface area contributed by atoms with Crippen LogP contribution in [0.5, 0.6) is 0 Å². The lowest BCUT2D eigenvalue weighted by atomic mass is 9.97. The Balaban J connectivity index is 2.20. The van der Waals surface area contributed by atoms with Crippen LogP contribution in [0.1, 0.15) is 26.5 Å². The van der Waals surface area contributed by atoms with Gasteiger partial charge in [0.2, 0.25) is 5.90 Å². The molecular weight excluding hydrogens is 332 g/mol. The molecule has 0 bridgehead atoms. The Morgan fingerprint density at radius 2 is 1.81 bits per heavy atom. The summed E-state index contributed by atoms with van der Waals surface area (Å²) < 4.78 is 9.06. The number of nitrogens with zero attached hydrogens (tertiary/aromatic N) is 3. The molecule has 0 atom stereocenters. The minimum absolute atomic E-state index is 0.0889. The summed E-state index contributed by atoms with van der Waals surface area (Å²) in [4.78, 5) is 29.2. The zero-order chi connectivity index (χ0) is 19.2. The van der Waals surface area contributed by atoms with Crippen LogP contribution >= 0.6 is 0 Å². The van der Waals surface area contributed by atoms with E-state index in [4.69, 9.17) is 10.5 Å². The Morgan fingerprint density at radius 1 is 1.19 bits per heavy atom. The molecule has 0 spiro atoms. The highest BCUT2D eigenvalue weighted by atomic mass is 16.5. The van der Waals surface area contributed by atoms with E-state index in [-0.39, 0.29) is 22.7 Å². The Hall–Kier alpha value is -3.09. The van der Waals surface area contributed by atoms with Gasteiger partial charge in [0.1, 0.15) is 11.2 Å². The maximum absolute atomic E-state index is 13.0. The first kappa shape index (κ1) is 17.7. The van der Waals surface area contributed by atoms with Gasteiger partial charge in [-0.2, -0.15) is 0 Å². The molecule has 2 heterocycles. The zero-order valence-electron chi connectivity index (χ0n) is 15.5. The van der Waals surface area contributed by atoms with Gasteiger partial charge >= 0.3 is 0 Å². The number of carbonyl (C=O) groups is 1. The van der Waals surface area contributed by atoms with Gasteiger partial charge in [-0.1, -0.05) is 18.2 Å². The Kier molecular flexibility index (Phi) is 4.10. The number of primary amides is 1. The monoisotopic (exact) mass is 354 g/mol. The largest absolute Gasteiger partial charge is 0.466 e. The topological polar surface area (TPSA) is 91.6 Å². The fraction of sp³-hybridized carbons (Fsp3) is 0.316. The number of amides is 1. The first-order chi connectivity index (χ1) is 12.1. The van der Waals surface area contributed by atoms with Crippen molar-refractivity contribution in [2.24, 2.45) is 17.8 Å². The van der Waals surface area contributed by atoms with Crippen LogP contribution in [0.3, 0.4) is 0 Å². The average Bonchev–Trinajstić information content (AvgIpc) is 2.93. The van der Waals surface area contributed by atoms with Crippen molar-refractivity contribution in [1.29, 1.82) is 0 Å². The molecule has 2 N–H and O–H groups in total. The maximum atomic E-state index is 13.0. The van der Waals surface area contributed by atoms with Crippen LogP contribution in [0.25, 0.3) is 5.69 Å². The van der Waals surface area contributed by atoms with Crippen molar-refractivity contribution in [2.75, 3.05) is 0 Å². The lowest BCUT2D eigenvalue weighted by Gasteiger charge is -2.19. The standard InChI is InChI=1S/C19H22N4O3/c1-11-14(16(20)24)17(26-19(11,3)4)21-15-12(2)22(5)23(18(15)25)13-9-7-6-8-10-13/h6-10H,1-5H3,(H2,20,24). The molecule has 136 valence electrons. The summed E-state index contributed by atoms with van der Waals surface area (Å²) >= 11 is 0. The maximum Gasteiger partial charge on any atom is 0.297 e. The summed E-state index contributed by atoms with van der Waals surface area (Å²) in [7, 11) is 1.78. The molecule has 0 saturated heterocycles. The number of para-hydroxylation sites is 1. The molecule has 1 aliphatic rings. The summed E-state index contributed by atoms with van der Waals surface area (Å²) in [6, 6.07) is 9.27. The van der Waals surface area contributed by atoms with E-state index < -0.39 is 11.5 Å². The van der Waals surface area contributed by atoms with Gasteiger partial charge in [0.15, 0.2) is 5.69 Å². The Bertz CT molecular complexity index is 1010. The third-order valence-corrected chi connectivity index (χ3v) is 4.83. The van der Waals surface area contributed by atoms with E-state index in [0.717, 1.165) is 5.69 Å². The minimum Gasteiger partial charge on any atom is -0.466 e. The van der Waals surface area contributed by atoms with Crippen molar-refractivity contribution >= 4 is 17.5 Å². The third-order valence-electron chi connectivity index (χ3n) is 4.83. The molecule has 1 aromatic heterocycles. The van der Waals surface area contributed by atoms with Crippen LogP contribution in [0, 0.1) is 6.92 Å². The number of nitrogens with two attached hydrogens (primary N) is 1. The second kappa shape index (κ2) is 6.01. The van der Waals surface area contributed by atoms with Gasteiger partial charge in [-0.05, 0) is 45.4 Å². The first-order valence-corrected chi connectivity index (χ1v) is 8.28. The van der Waals surface area contributed by atoms with Crippen molar-refractivity contribution in [2.45, 2.75) is 33.3 Å². The van der Waals surface area contributed by atoms with Crippen molar-refractivity contribution < 1.29 is 9.53 Å². The molecule has 1 aromatic carbocycles. The summed E-state index contributed by atoms with van der Waals surface area (Å²) in [5.74, 6) is -0.533. The summed E-state index contributed by atoms with van der Waals surface area (Å²) in [6.45, 7) is 7.23. The summed E-state index contributed by atoms with van der Waals surface area (Å²) in [5.41, 5.74) is 7.03. The predicted octanol–water partition coefficient (Wildman–Crippen LogP) is 2.13. The summed E-state index contributed by atoms with van der Waals surface area (Å²) in [5, 5.41) is 0. The van der Waals surface area contributed by atoms with Gasteiger partial charge in [-0.15, -0.1) is 0 Å². The fourth-order valence-corrected chi connectivity index (χ4v) is 2.98. The van der Waals surface area contributed by atoms with E-state index in [2.05, 4.69) is 4.99 Å². The molecule has 26 heavy (non-hydrogen) atoms. The Labute approximate surface area is 151 Å². The van der Waals surface area contributed by atoms with Gasteiger partial charge in [0.05, 0.1) is 11.4 Å². The molecule has 1 aliphatic heterocycles. The second-order valence-corrected chi connectivity index (χ2v) is 6.80. The van der Waals surface area contributed by atoms with Gasteiger partial charge in [-0.3, -0.25) is 14.3 Å². The molecule has 0 radical (unpaired) electrons. The number of hydrogen-bond donors (Lipinski definition) is 1. The van der Waals surface area contributed by atoms with Crippen molar-refractivity contribution in [3.05, 3.63) is 57.5 Å². The van der Waals surface area contributed by atoms with Crippen LogP contribution < -0.4 is 11.3 Å². The van der Waals surface area contributed by atoms with Crippen LogP contribution in [0.15, 0.2) is 51.3 Å².